The summed E-state index contributed by atoms with van der Waals surface area (Å²) in [6.07, 6.45) is 4.64. The molecule has 7 heteroatoms. The average molecular weight is 285 g/mol. The molecule has 0 aromatic rings. The van der Waals surface area contributed by atoms with Crippen molar-refractivity contribution in [1.82, 2.24) is 16.0 Å². The molecule has 1 aliphatic heterocycles. The Labute approximate surface area is 118 Å². The van der Waals surface area contributed by atoms with Crippen molar-refractivity contribution in [1.29, 1.82) is 0 Å². The number of rotatable bonds is 8. The predicted octanol–water partition coefficient (Wildman–Crippen LogP) is 0.599. The molecule has 7 nitrogen and oxygen atoms in total. The third kappa shape index (κ3) is 7.60. The van der Waals surface area contributed by atoms with E-state index in [-0.39, 0.29) is 24.4 Å². The average Bonchev–Trinajstić information content (AvgIpc) is 2.40. The fraction of sp³-hybridized carbons (Fsp3) is 0.769. The van der Waals surface area contributed by atoms with Gasteiger partial charge in [-0.3, -0.25) is 9.59 Å². The molecule has 1 heterocycles. The Kier molecular flexibility index (Phi) is 7.46. The maximum atomic E-state index is 11.6. The first-order valence-corrected chi connectivity index (χ1v) is 7.11. The number of amides is 3. The van der Waals surface area contributed by atoms with Gasteiger partial charge in [0, 0.05) is 32.0 Å². The Hall–Kier alpha value is -1.79. The van der Waals surface area contributed by atoms with Gasteiger partial charge in [-0.2, -0.15) is 0 Å². The highest BCUT2D eigenvalue weighted by atomic mass is 16.4. The molecule has 0 aromatic heterocycles. The number of hydrogen-bond acceptors (Lipinski definition) is 3. The molecule has 0 saturated carbocycles. The summed E-state index contributed by atoms with van der Waals surface area (Å²) in [6.45, 7) is 1.07. The summed E-state index contributed by atoms with van der Waals surface area (Å²) in [7, 11) is 0. The minimum atomic E-state index is -0.762. The van der Waals surface area contributed by atoms with Crippen molar-refractivity contribution in [3.63, 3.8) is 0 Å². The molecule has 20 heavy (non-hydrogen) atoms. The number of carboxylic acids is 1. The van der Waals surface area contributed by atoms with Crippen molar-refractivity contribution >= 4 is 17.9 Å². The van der Waals surface area contributed by atoms with Gasteiger partial charge in [-0.25, -0.2) is 4.79 Å². The molecule has 1 saturated heterocycles. The van der Waals surface area contributed by atoms with Gasteiger partial charge in [0.15, 0.2) is 0 Å². The second kappa shape index (κ2) is 9.17. The number of nitrogens with one attached hydrogen (secondary N) is 3. The number of hydrogen-bond donors (Lipinski definition) is 4. The zero-order valence-electron chi connectivity index (χ0n) is 11.6. The van der Waals surface area contributed by atoms with E-state index < -0.39 is 5.97 Å². The molecule has 1 unspecified atom stereocenters. The van der Waals surface area contributed by atoms with Gasteiger partial charge in [0.2, 0.25) is 5.91 Å². The minimum absolute atomic E-state index is 0.00302. The van der Waals surface area contributed by atoms with Crippen LogP contribution in [0.5, 0.6) is 0 Å². The van der Waals surface area contributed by atoms with Gasteiger partial charge in [-0.05, 0) is 19.3 Å². The van der Waals surface area contributed by atoms with Crippen LogP contribution >= 0.6 is 0 Å². The zero-order valence-corrected chi connectivity index (χ0v) is 11.6. The van der Waals surface area contributed by atoms with E-state index in [1.165, 1.54) is 0 Å². The lowest BCUT2D eigenvalue weighted by Crippen LogP contribution is -2.50. The van der Waals surface area contributed by atoms with Gasteiger partial charge in [0.25, 0.3) is 0 Å². The van der Waals surface area contributed by atoms with Gasteiger partial charge in [0.1, 0.15) is 0 Å². The van der Waals surface area contributed by atoms with Gasteiger partial charge >= 0.3 is 12.0 Å². The summed E-state index contributed by atoms with van der Waals surface area (Å²) in [4.78, 5) is 32.8. The van der Waals surface area contributed by atoms with E-state index >= 15 is 0 Å². The number of unbranched alkanes of at least 4 members (excludes halogenated alkanes) is 3. The van der Waals surface area contributed by atoms with Crippen LogP contribution in [0, 0.1) is 0 Å². The molecular weight excluding hydrogens is 262 g/mol. The van der Waals surface area contributed by atoms with Crippen LogP contribution in [0.4, 0.5) is 4.79 Å². The first kappa shape index (κ1) is 16.3. The number of aliphatic carboxylic acids is 1. The summed E-state index contributed by atoms with van der Waals surface area (Å²) >= 11 is 0. The molecule has 0 radical (unpaired) electrons. The standard InChI is InChI=1S/C13H23N3O4/c17-11-7-6-10(9-15-11)16-13(20)14-8-4-2-1-3-5-12(18)19/h10H,1-9H2,(H,15,17)(H,18,19)(H2,14,16,20). The van der Waals surface area contributed by atoms with Crippen molar-refractivity contribution in [3.05, 3.63) is 0 Å². The first-order valence-electron chi connectivity index (χ1n) is 7.11. The second-order valence-electron chi connectivity index (χ2n) is 5.00. The molecular formula is C13H23N3O4. The third-order valence-electron chi connectivity index (χ3n) is 3.20. The number of carboxylic acid groups (broad SMARTS) is 1. The Morgan fingerprint density at radius 2 is 2.00 bits per heavy atom. The van der Waals surface area contributed by atoms with Crippen LogP contribution in [0.3, 0.4) is 0 Å². The molecule has 1 aliphatic rings. The number of carbonyl (C=O) groups excluding carboxylic acids is 2. The van der Waals surface area contributed by atoms with Crippen molar-refractivity contribution in [2.45, 2.75) is 51.0 Å². The predicted molar refractivity (Wildman–Crippen MR) is 73.3 cm³/mol. The normalized spacial score (nSPS) is 18.2. The number of urea groups is 1. The second-order valence-corrected chi connectivity index (χ2v) is 5.00. The van der Waals surface area contributed by atoms with E-state index in [9.17, 15) is 14.4 Å². The molecule has 3 amide bonds. The molecule has 0 spiro atoms. The maximum Gasteiger partial charge on any atom is 0.315 e. The fourth-order valence-electron chi connectivity index (χ4n) is 2.05. The summed E-state index contributed by atoms with van der Waals surface area (Å²) in [5, 5.41) is 16.8. The largest absolute Gasteiger partial charge is 0.481 e. The van der Waals surface area contributed by atoms with E-state index in [2.05, 4.69) is 16.0 Å². The van der Waals surface area contributed by atoms with Crippen molar-refractivity contribution in [2.75, 3.05) is 13.1 Å². The number of carbonyl (C=O) groups is 3. The van der Waals surface area contributed by atoms with Crippen LogP contribution in [0.15, 0.2) is 0 Å². The van der Waals surface area contributed by atoms with Crippen LogP contribution in [-0.4, -0.2) is 42.1 Å². The summed E-state index contributed by atoms with van der Waals surface area (Å²) in [5.74, 6) is -0.730. The minimum Gasteiger partial charge on any atom is -0.481 e. The maximum absolute atomic E-state index is 11.6. The lowest BCUT2D eigenvalue weighted by molar-refractivity contribution is -0.137. The van der Waals surface area contributed by atoms with Crippen molar-refractivity contribution in [2.24, 2.45) is 0 Å². The molecule has 0 aromatic carbocycles. The van der Waals surface area contributed by atoms with Gasteiger partial charge in [0.05, 0.1) is 0 Å². The van der Waals surface area contributed by atoms with Crippen LogP contribution < -0.4 is 16.0 Å². The molecule has 114 valence electrons. The third-order valence-corrected chi connectivity index (χ3v) is 3.20. The lowest BCUT2D eigenvalue weighted by atomic mass is 10.1. The summed E-state index contributed by atoms with van der Waals surface area (Å²) < 4.78 is 0. The highest BCUT2D eigenvalue weighted by Crippen LogP contribution is 2.03. The van der Waals surface area contributed by atoms with E-state index in [4.69, 9.17) is 5.11 Å². The van der Waals surface area contributed by atoms with Gasteiger partial charge < -0.3 is 21.1 Å². The quantitative estimate of drug-likeness (QED) is 0.490. The molecule has 1 rings (SSSR count). The first-order chi connectivity index (χ1) is 9.58. The van der Waals surface area contributed by atoms with Crippen molar-refractivity contribution in [3.8, 4) is 0 Å². The Morgan fingerprint density at radius 3 is 2.65 bits per heavy atom. The Balaban J connectivity index is 1.95. The monoisotopic (exact) mass is 285 g/mol. The van der Waals surface area contributed by atoms with Crippen LogP contribution in [0.2, 0.25) is 0 Å². The Bertz CT molecular complexity index is 337. The van der Waals surface area contributed by atoms with Crippen LogP contribution in [-0.2, 0) is 9.59 Å². The lowest BCUT2D eigenvalue weighted by Gasteiger charge is -2.23. The van der Waals surface area contributed by atoms with Crippen molar-refractivity contribution < 1.29 is 19.5 Å². The summed E-state index contributed by atoms with van der Waals surface area (Å²) in [6, 6.07) is -0.208. The van der Waals surface area contributed by atoms with E-state index in [1.807, 2.05) is 0 Å². The Morgan fingerprint density at radius 1 is 1.25 bits per heavy atom. The summed E-state index contributed by atoms with van der Waals surface area (Å²) in [5.41, 5.74) is 0. The van der Waals surface area contributed by atoms with E-state index in [0.717, 1.165) is 19.3 Å². The molecule has 0 bridgehead atoms. The molecule has 4 N–H and O–H groups in total. The smallest absolute Gasteiger partial charge is 0.315 e. The van der Waals surface area contributed by atoms with Gasteiger partial charge in [-0.1, -0.05) is 12.8 Å². The van der Waals surface area contributed by atoms with Gasteiger partial charge in [-0.15, -0.1) is 0 Å². The van der Waals surface area contributed by atoms with Crippen LogP contribution in [0.1, 0.15) is 44.9 Å². The fourth-order valence-corrected chi connectivity index (χ4v) is 2.05. The molecule has 1 atom stereocenters. The van der Waals surface area contributed by atoms with Crippen LogP contribution in [0.25, 0.3) is 0 Å². The molecule has 1 fully saturated rings. The topological polar surface area (TPSA) is 108 Å². The van der Waals surface area contributed by atoms with E-state index in [0.29, 0.717) is 32.4 Å². The zero-order chi connectivity index (χ0) is 14.8. The molecule has 0 aliphatic carbocycles. The highest BCUT2D eigenvalue weighted by molar-refractivity contribution is 5.78. The SMILES string of the molecule is O=C(O)CCCCCCNC(=O)NC1CCC(=O)NC1. The van der Waals surface area contributed by atoms with E-state index in [1.54, 1.807) is 0 Å². The number of piperidine rings is 1. The highest BCUT2D eigenvalue weighted by Gasteiger charge is 2.19.